The molecule has 8 heteroatoms. The van der Waals surface area contributed by atoms with E-state index in [2.05, 4.69) is 20.7 Å². The molecule has 26 heavy (non-hydrogen) atoms. The minimum absolute atomic E-state index is 0.0995. The molecule has 1 saturated carbocycles. The van der Waals surface area contributed by atoms with Crippen LogP contribution in [0.1, 0.15) is 67.2 Å². The van der Waals surface area contributed by atoms with Crippen molar-refractivity contribution in [2.45, 2.75) is 71.1 Å². The molecule has 1 N–H and O–H groups in total. The molecule has 2 aromatic rings. The predicted octanol–water partition coefficient (Wildman–Crippen LogP) is 2.10. The van der Waals surface area contributed by atoms with Crippen LogP contribution in [0.5, 0.6) is 0 Å². The number of rotatable bonds is 4. The van der Waals surface area contributed by atoms with Crippen molar-refractivity contribution in [3.63, 3.8) is 0 Å². The van der Waals surface area contributed by atoms with Gasteiger partial charge >= 0.3 is 0 Å². The van der Waals surface area contributed by atoms with Crippen LogP contribution >= 0.6 is 0 Å². The molecule has 2 aliphatic rings. The van der Waals surface area contributed by atoms with Gasteiger partial charge in [0.25, 0.3) is 0 Å². The van der Waals surface area contributed by atoms with E-state index >= 15 is 0 Å². The van der Waals surface area contributed by atoms with E-state index in [-0.39, 0.29) is 5.91 Å². The predicted molar refractivity (Wildman–Crippen MR) is 92.4 cm³/mol. The Morgan fingerprint density at radius 2 is 2.08 bits per heavy atom. The van der Waals surface area contributed by atoms with E-state index in [1.807, 2.05) is 25.3 Å². The van der Waals surface area contributed by atoms with Crippen LogP contribution in [0.3, 0.4) is 0 Å². The van der Waals surface area contributed by atoms with Crippen molar-refractivity contribution in [1.29, 1.82) is 0 Å². The van der Waals surface area contributed by atoms with Gasteiger partial charge in [-0.25, -0.2) is 0 Å². The molecule has 1 amide bonds. The first kappa shape index (κ1) is 17.2. The minimum Gasteiger partial charge on any atom is -0.370 e. The number of carbonyl (C=O) groups excluding carboxylic acids is 1. The second-order valence-electron chi connectivity index (χ2n) is 7.54. The fourth-order valence-electron chi connectivity index (χ4n) is 4.10. The van der Waals surface area contributed by atoms with Crippen LogP contribution in [0.15, 0.2) is 4.52 Å². The molecular formula is C18H25N5O3. The van der Waals surface area contributed by atoms with Gasteiger partial charge < -0.3 is 14.6 Å². The molecule has 0 radical (unpaired) electrons. The van der Waals surface area contributed by atoms with Crippen LogP contribution in [0.2, 0.25) is 0 Å². The van der Waals surface area contributed by atoms with Gasteiger partial charge in [0.1, 0.15) is 23.7 Å². The molecule has 0 spiro atoms. The Hall–Kier alpha value is -2.22. The molecular weight excluding hydrogens is 334 g/mol. The summed E-state index contributed by atoms with van der Waals surface area (Å²) in [6.45, 7) is 6.71. The highest BCUT2D eigenvalue weighted by atomic mass is 16.5. The van der Waals surface area contributed by atoms with Crippen LogP contribution < -0.4 is 5.32 Å². The van der Waals surface area contributed by atoms with Gasteiger partial charge in [-0.05, 0) is 33.6 Å². The number of aryl methyl sites for hydroxylation is 2. The van der Waals surface area contributed by atoms with Gasteiger partial charge in [0.05, 0.1) is 12.3 Å². The van der Waals surface area contributed by atoms with Crippen molar-refractivity contribution in [2.24, 2.45) is 0 Å². The summed E-state index contributed by atoms with van der Waals surface area (Å²) in [6.07, 6.45) is 4.63. The number of fused-ring (bicyclic) bond motifs is 1. The van der Waals surface area contributed by atoms with Crippen molar-refractivity contribution in [3.05, 3.63) is 28.7 Å². The average Bonchev–Trinajstić information content (AvgIpc) is 3.34. The maximum atomic E-state index is 13.1. The maximum absolute atomic E-state index is 13.1. The largest absolute Gasteiger partial charge is 0.370 e. The zero-order chi connectivity index (χ0) is 18.3. The van der Waals surface area contributed by atoms with Crippen molar-refractivity contribution in [3.8, 4) is 0 Å². The molecule has 4 rings (SSSR count). The van der Waals surface area contributed by atoms with Gasteiger partial charge in [-0.3, -0.25) is 9.36 Å². The van der Waals surface area contributed by atoms with Crippen molar-refractivity contribution in [1.82, 2.24) is 25.2 Å². The van der Waals surface area contributed by atoms with Gasteiger partial charge in [-0.15, -0.1) is 10.2 Å². The topological polar surface area (TPSA) is 95.1 Å². The normalized spacial score (nSPS) is 23.2. The van der Waals surface area contributed by atoms with E-state index in [4.69, 9.17) is 9.26 Å². The smallest absolute Gasteiger partial charge is 0.248 e. The third-order valence-corrected chi connectivity index (χ3v) is 5.68. The second-order valence-corrected chi connectivity index (χ2v) is 7.54. The molecule has 0 bridgehead atoms. The van der Waals surface area contributed by atoms with Gasteiger partial charge in [-0.1, -0.05) is 18.0 Å². The Morgan fingerprint density at radius 3 is 2.77 bits per heavy atom. The first-order valence-corrected chi connectivity index (χ1v) is 9.23. The molecule has 1 unspecified atom stereocenters. The van der Waals surface area contributed by atoms with Crippen molar-refractivity contribution >= 4 is 5.91 Å². The van der Waals surface area contributed by atoms with Crippen LogP contribution in [0.25, 0.3) is 0 Å². The Labute approximate surface area is 152 Å². The van der Waals surface area contributed by atoms with Crippen molar-refractivity contribution in [2.75, 3.05) is 6.61 Å². The summed E-state index contributed by atoms with van der Waals surface area (Å²) < 4.78 is 12.9. The lowest BCUT2D eigenvalue weighted by molar-refractivity contribution is -0.135. The Kier molecular flexibility index (Phi) is 4.30. The standard InChI is InChI=1S/C18H25N5O3/c1-11-14(12(2)26-22-11)8-19-17(24)18(3)10-25-9-15-20-21-16(23(15)18)13-6-4-5-7-13/h13H,4-10H2,1-3H3,(H,19,24). The average molecular weight is 359 g/mol. The number of nitrogens with one attached hydrogen (secondary N) is 1. The van der Waals surface area contributed by atoms with E-state index in [9.17, 15) is 4.79 Å². The zero-order valence-electron chi connectivity index (χ0n) is 15.5. The number of hydrogen-bond donors (Lipinski definition) is 1. The summed E-state index contributed by atoms with van der Waals surface area (Å²) >= 11 is 0. The highest BCUT2D eigenvalue weighted by Gasteiger charge is 2.43. The third-order valence-electron chi connectivity index (χ3n) is 5.68. The second kappa shape index (κ2) is 6.50. The van der Waals surface area contributed by atoms with Crippen LogP contribution in [0, 0.1) is 13.8 Å². The summed E-state index contributed by atoms with van der Waals surface area (Å²) in [6, 6.07) is 0. The first-order chi connectivity index (χ1) is 12.5. The molecule has 3 heterocycles. The molecule has 2 aromatic heterocycles. The number of ether oxygens (including phenoxy) is 1. The zero-order valence-corrected chi connectivity index (χ0v) is 15.5. The molecule has 140 valence electrons. The SMILES string of the molecule is Cc1noc(C)c1CNC(=O)C1(C)COCc2nnc(C3CCCC3)n21. The number of carbonyl (C=O) groups is 1. The minimum atomic E-state index is -0.853. The third kappa shape index (κ3) is 2.72. The summed E-state index contributed by atoms with van der Waals surface area (Å²) in [5, 5.41) is 15.7. The number of aromatic nitrogens is 4. The molecule has 0 aromatic carbocycles. The summed E-state index contributed by atoms with van der Waals surface area (Å²) in [4.78, 5) is 13.1. The molecule has 1 atom stereocenters. The van der Waals surface area contributed by atoms with Crippen LogP contribution in [-0.4, -0.2) is 32.4 Å². The lowest BCUT2D eigenvalue weighted by Gasteiger charge is -2.35. The summed E-state index contributed by atoms with van der Waals surface area (Å²) in [7, 11) is 0. The molecule has 8 nitrogen and oxygen atoms in total. The van der Waals surface area contributed by atoms with Crippen molar-refractivity contribution < 1.29 is 14.1 Å². The summed E-state index contributed by atoms with van der Waals surface area (Å²) in [5.74, 6) is 2.66. The van der Waals surface area contributed by atoms with E-state index < -0.39 is 5.54 Å². The number of hydrogen-bond acceptors (Lipinski definition) is 6. The number of amides is 1. The molecule has 1 aliphatic carbocycles. The first-order valence-electron chi connectivity index (χ1n) is 9.23. The Morgan fingerprint density at radius 1 is 1.31 bits per heavy atom. The van der Waals surface area contributed by atoms with Crippen LogP contribution in [-0.2, 0) is 28.2 Å². The molecule has 0 saturated heterocycles. The van der Waals surface area contributed by atoms with E-state index in [0.717, 1.165) is 41.5 Å². The monoisotopic (exact) mass is 359 g/mol. The molecule has 1 aliphatic heterocycles. The fraction of sp³-hybridized carbons (Fsp3) is 0.667. The lowest BCUT2D eigenvalue weighted by atomic mass is 9.97. The van der Waals surface area contributed by atoms with E-state index in [1.165, 1.54) is 12.8 Å². The Bertz CT molecular complexity index is 801. The maximum Gasteiger partial charge on any atom is 0.248 e. The quantitative estimate of drug-likeness (QED) is 0.898. The number of nitrogens with zero attached hydrogens (tertiary/aromatic N) is 4. The Balaban J connectivity index is 1.60. The van der Waals surface area contributed by atoms with E-state index in [0.29, 0.717) is 25.7 Å². The highest BCUT2D eigenvalue weighted by molar-refractivity contribution is 5.84. The van der Waals surface area contributed by atoms with E-state index in [1.54, 1.807) is 0 Å². The van der Waals surface area contributed by atoms with Crippen LogP contribution in [0.4, 0.5) is 0 Å². The lowest BCUT2D eigenvalue weighted by Crippen LogP contribution is -2.53. The summed E-state index contributed by atoms with van der Waals surface area (Å²) in [5.41, 5.74) is 0.858. The fourth-order valence-corrected chi connectivity index (χ4v) is 4.10. The molecule has 1 fully saturated rings. The van der Waals surface area contributed by atoms with Gasteiger partial charge in [0.15, 0.2) is 5.82 Å². The van der Waals surface area contributed by atoms with Gasteiger partial charge in [-0.2, -0.15) is 0 Å². The van der Waals surface area contributed by atoms with Gasteiger partial charge in [0.2, 0.25) is 5.91 Å². The van der Waals surface area contributed by atoms with Gasteiger partial charge in [0, 0.05) is 18.0 Å². The highest BCUT2D eigenvalue weighted by Crippen LogP contribution is 2.37.